The van der Waals surface area contributed by atoms with Crippen molar-refractivity contribution < 1.29 is 13.2 Å². The summed E-state index contributed by atoms with van der Waals surface area (Å²) in [7, 11) is 0. The standard InChI is InChI=1S/C19H15F3/c20-19(21,22)18(15-14-17-10-5-2-6-11-17)13-7-12-16-8-3-1-4-9-16/h1-15H/b12-7+,15-14+,18-13+. The predicted molar refractivity (Wildman–Crippen MR) is 85.1 cm³/mol. The molecular formula is C19H15F3. The van der Waals surface area contributed by atoms with Crippen LogP contribution in [0.3, 0.4) is 0 Å². The van der Waals surface area contributed by atoms with E-state index in [0.717, 1.165) is 23.3 Å². The van der Waals surface area contributed by atoms with Crippen LogP contribution in [-0.4, -0.2) is 6.18 Å². The highest BCUT2D eigenvalue weighted by molar-refractivity contribution is 5.56. The highest BCUT2D eigenvalue weighted by Gasteiger charge is 2.31. The van der Waals surface area contributed by atoms with Gasteiger partial charge < -0.3 is 0 Å². The van der Waals surface area contributed by atoms with E-state index >= 15 is 0 Å². The molecule has 0 saturated heterocycles. The van der Waals surface area contributed by atoms with Gasteiger partial charge in [-0.05, 0) is 17.2 Å². The number of hydrogen-bond acceptors (Lipinski definition) is 0. The molecule has 0 saturated carbocycles. The molecule has 0 nitrogen and oxygen atoms in total. The Morgan fingerprint density at radius 1 is 0.727 bits per heavy atom. The molecule has 0 aliphatic carbocycles. The summed E-state index contributed by atoms with van der Waals surface area (Å²) in [5.41, 5.74) is 0.889. The first kappa shape index (κ1) is 15.8. The Morgan fingerprint density at radius 2 is 1.23 bits per heavy atom. The van der Waals surface area contributed by atoms with Crippen molar-refractivity contribution >= 4 is 12.2 Å². The van der Waals surface area contributed by atoms with Crippen LogP contribution in [0.4, 0.5) is 13.2 Å². The lowest BCUT2D eigenvalue weighted by molar-refractivity contribution is -0.0880. The molecule has 2 rings (SSSR count). The van der Waals surface area contributed by atoms with Crippen LogP contribution in [0.2, 0.25) is 0 Å². The quantitative estimate of drug-likeness (QED) is 0.616. The van der Waals surface area contributed by atoms with Gasteiger partial charge in [0.2, 0.25) is 0 Å². The van der Waals surface area contributed by atoms with Gasteiger partial charge in [0.25, 0.3) is 0 Å². The molecule has 0 heterocycles. The average molecular weight is 300 g/mol. The first-order valence-corrected chi connectivity index (χ1v) is 6.79. The van der Waals surface area contributed by atoms with E-state index in [2.05, 4.69) is 0 Å². The van der Waals surface area contributed by atoms with Gasteiger partial charge in [-0.25, -0.2) is 0 Å². The lowest BCUT2D eigenvalue weighted by atomic mass is 10.1. The van der Waals surface area contributed by atoms with Gasteiger partial charge in [0.05, 0.1) is 5.57 Å². The molecule has 0 fully saturated rings. The molecule has 0 aliphatic rings. The molecule has 0 bridgehead atoms. The summed E-state index contributed by atoms with van der Waals surface area (Å²) in [4.78, 5) is 0. The molecule has 0 aromatic heterocycles. The highest BCUT2D eigenvalue weighted by Crippen LogP contribution is 2.27. The van der Waals surface area contributed by atoms with Crippen molar-refractivity contribution in [3.63, 3.8) is 0 Å². The van der Waals surface area contributed by atoms with Crippen LogP contribution in [-0.2, 0) is 0 Å². The van der Waals surface area contributed by atoms with Crippen molar-refractivity contribution in [1.82, 2.24) is 0 Å². The van der Waals surface area contributed by atoms with E-state index in [4.69, 9.17) is 0 Å². The van der Waals surface area contributed by atoms with E-state index in [1.165, 1.54) is 12.2 Å². The zero-order valence-corrected chi connectivity index (χ0v) is 11.8. The summed E-state index contributed by atoms with van der Waals surface area (Å²) in [5, 5.41) is 0. The van der Waals surface area contributed by atoms with Crippen molar-refractivity contribution in [3.05, 3.63) is 95.6 Å². The van der Waals surface area contributed by atoms with E-state index < -0.39 is 11.7 Å². The molecular weight excluding hydrogens is 285 g/mol. The molecule has 112 valence electrons. The van der Waals surface area contributed by atoms with E-state index in [-0.39, 0.29) is 0 Å². The van der Waals surface area contributed by atoms with E-state index in [1.54, 1.807) is 30.3 Å². The van der Waals surface area contributed by atoms with E-state index in [0.29, 0.717) is 0 Å². The van der Waals surface area contributed by atoms with Crippen LogP contribution < -0.4 is 0 Å². The van der Waals surface area contributed by atoms with Gasteiger partial charge >= 0.3 is 6.18 Å². The molecule has 3 heteroatoms. The predicted octanol–water partition coefficient (Wildman–Crippen LogP) is 5.90. The largest absolute Gasteiger partial charge is 0.416 e. The van der Waals surface area contributed by atoms with Gasteiger partial charge in [-0.2, -0.15) is 13.2 Å². The number of rotatable bonds is 4. The minimum Gasteiger partial charge on any atom is -0.166 e. The third-order valence-corrected chi connectivity index (χ3v) is 2.95. The Hall–Kier alpha value is -2.55. The van der Waals surface area contributed by atoms with Crippen molar-refractivity contribution in [2.75, 3.05) is 0 Å². The number of hydrogen-bond donors (Lipinski definition) is 0. The molecule has 2 aromatic carbocycles. The third-order valence-electron chi connectivity index (χ3n) is 2.95. The first-order valence-electron chi connectivity index (χ1n) is 6.79. The van der Waals surface area contributed by atoms with Gasteiger partial charge in [-0.15, -0.1) is 0 Å². The Morgan fingerprint density at radius 3 is 1.73 bits per heavy atom. The second kappa shape index (κ2) is 7.46. The fraction of sp³-hybridized carbons (Fsp3) is 0.0526. The maximum Gasteiger partial charge on any atom is 0.416 e. The lowest BCUT2D eigenvalue weighted by Crippen LogP contribution is -2.09. The number of alkyl halides is 3. The van der Waals surface area contributed by atoms with E-state index in [1.807, 2.05) is 36.4 Å². The number of allylic oxidation sites excluding steroid dienone is 4. The number of halogens is 3. The van der Waals surface area contributed by atoms with Crippen LogP contribution in [0.15, 0.2) is 84.5 Å². The van der Waals surface area contributed by atoms with Crippen LogP contribution in [0.1, 0.15) is 11.1 Å². The maximum absolute atomic E-state index is 13.0. The van der Waals surface area contributed by atoms with Crippen LogP contribution in [0, 0.1) is 0 Å². The van der Waals surface area contributed by atoms with Gasteiger partial charge in [0.1, 0.15) is 0 Å². The summed E-state index contributed by atoms with van der Waals surface area (Å²) in [6.07, 6.45) is 2.29. The van der Waals surface area contributed by atoms with Crippen LogP contribution >= 0.6 is 0 Å². The van der Waals surface area contributed by atoms with Crippen molar-refractivity contribution in [1.29, 1.82) is 0 Å². The van der Waals surface area contributed by atoms with E-state index in [9.17, 15) is 13.2 Å². The summed E-state index contributed by atoms with van der Waals surface area (Å²) >= 11 is 0. The molecule has 0 aliphatic heterocycles. The molecule has 0 amide bonds. The summed E-state index contributed by atoms with van der Waals surface area (Å²) < 4.78 is 39.0. The zero-order valence-electron chi connectivity index (χ0n) is 11.8. The summed E-state index contributed by atoms with van der Waals surface area (Å²) in [6, 6.07) is 18.1. The lowest BCUT2D eigenvalue weighted by Gasteiger charge is -2.06. The topological polar surface area (TPSA) is 0 Å². The summed E-state index contributed by atoms with van der Waals surface area (Å²) in [6.45, 7) is 0. The monoisotopic (exact) mass is 300 g/mol. The maximum atomic E-state index is 13.0. The average Bonchev–Trinajstić information content (AvgIpc) is 2.51. The molecule has 0 radical (unpaired) electrons. The summed E-state index contributed by atoms with van der Waals surface area (Å²) in [5.74, 6) is 0. The Kier molecular flexibility index (Phi) is 5.37. The Balaban J connectivity index is 2.18. The second-order valence-electron chi connectivity index (χ2n) is 4.63. The normalized spacial score (nSPS) is 13.1. The van der Waals surface area contributed by atoms with Crippen LogP contribution in [0.25, 0.3) is 12.2 Å². The fourth-order valence-electron chi connectivity index (χ4n) is 1.82. The minimum absolute atomic E-state index is 0.691. The van der Waals surface area contributed by atoms with Crippen LogP contribution in [0.5, 0.6) is 0 Å². The SMILES string of the molecule is FC(F)(F)C(/C=C/c1ccccc1)=C/C=C/c1ccccc1. The van der Waals surface area contributed by atoms with Gasteiger partial charge in [-0.1, -0.05) is 85.0 Å². The Bertz CT molecular complexity index is 663. The molecule has 2 aromatic rings. The number of benzene rings is 2. The van der Waals surface area contributed by atoms with Crippen molar-refractivity contribution in [3.8, 4) is 0 Å². The van der Waals surface area contributed by atoms with Crippen molar-refractivity contribution in [2.45, 2.75) is 6.18 Å². The van der Waals surface area contributed by atoms with Gasteiger partial charge in [0.15, 0.2) is 0 Å². The highest BCUT2D eigenvalue weighted by atomic mass is 19.4. The fourth-order valence-corrected chi connectivity index (χ4v) is 1.82. The Labute approximate surface area is 127 Å². The third kappa shape index (κ3) is 5.09. The second-order valence-corrected chi connectivity index (χ2v) is 4.63. The van der Waals surface area contributed by atoms with Gasteiger partial charge in [-0.3, -0.25) is 0 Å². The molecule has 0 spiro atoms. The first-order chi connectivity index (χ1) is 10.6. The molecule has 0 atom stereocenters. The smallest absolute Gasteiger partial charge is 0.166 e. The molecule has 22 heavy (non-hydrogen) atoms. The minimum atomic E-state index is -4.38. The van der Waals surface area contributed by atoms with Gasteiger partial charge in [0, 0.05) is 0 Å². The zero-order chi connectivity index (χ0) is 15.8. The molecule has 0 N–H and O–H groups in total. The van der Waals surface area contributed by atoms with Crippen molar-refractivity contribution in [2.24, 2.45) is 0 Å². The molecule has 0 unspecified atom stereocenters.